The molecule has 0 bridgehead atoms. The fourth-order valence-corrected chi connectivity index (χ4v) is 3.14. The lowest BCUT2D eigenvalue weighted by atomic mass is 10.2. The highest BCUT2D eigenvalue weighted by Crippen LogP contribution is 2.24. The van der Waals surface area contributed by atoms with Gasteiger partial charge in [-0.3, -0.25) is 4.90 Å². The summed E-state index contributed by atoms with van der Waals surface area (Å²) in [5.74, 6) is 0.983. The average Bonchev–Trinajstić information content (AvgIpc) is 3.24. The molecule has 6 nitrogen and oxygen atoms in total. The average molecular weight is 324 g/mol. The van der Waals surface area contributed by atoms with E-state index in [1.807, 2.05) is 25.1 Å². The molecule has 3 aromatic rings. The smallest absolute Gasteiger partial charge is 0.316 e. The standard InChI is InChI=1S/C18H20N4O2/c1-14-6-7-19-18(20-14)24-13-16-11-21(12-17-5-3-9-23-17)10-15-4-2-8-22(15)16/h2-9,16H,10-13H2,1H3. The van der Waals surface area contributed by atoms with E-state index in [9.17, 15) is 0 Å². The van der Waals surface area contributed by atoms with Gasteiger partial charge in [0.1, 0.15) is 12.4 Å². The van der Waals surface area contributed by atoms with Gasteiger partial charge in [0.25, 0.3) is 0 Å². The second kappa shape index (κ2) is 6.49. The highest BCUT2D eigenvalue weighted by atomic mass is 16.5. The van der Waals surface area contributed by atoms with Crippen LogP contribution in [0.2, 0.25) is 0 Å². The zero-order chi connectivity index (χ0) is 16.4. The van der Waals surface area contributed by atoms with Crippen molar-refractivity contribution in [1.29, 1.82) is 0 Å². The van der Waals surface area contributed by atoms with Crippen molar-refractivity contribution in [3.63, 3.8) is 0 Å². The van der Waals surface area contributed by atoms with Gasteiger partial charge in [0, 0.05) is 36.9 Å². The number of aryl methyl sites for hydroxylation is 1. The van der Waals surface area contributed by atoms with E-state index >= 15 is 0 Å². The maximum Gasteiger partial charge on any atom is 0.316 e. The number of ether oxygens (including phenoxy) is 1. The molecule has 0 amide bonds. The lowest BCUT2D eigenvalue weighted by Gasteiger charge is -2.34. The van der Waals surface area contributed by atoms with Gasteiger partial charge in [-0.15, -0.1) is 0 Å². The second-order valence-electron chi connectivity index (χ2n) is 6.10. The molecular formula is C18H20N4O2. The normalized spacial score (nSPS) is 17.6. The summed E-state index contributed by atoms with van der Waals surface area (Å²) in [5.41, 5.74) is 2.19. The van der Waals surface area contributed by atoms with Crippen LogP contribution in [0.3, 0.4) is 0 Å². The summed E-state index contributed by atoms with van der Waals surface area (Å²) in [6, 6.07) is 10.7. The van der Waals surface area contributed by atoms with E-state index in [-0.39, 0.29) is 6.04 Å². The lowest BCUT2D eigenvalue weighted by molar-refractivity contribution is 0.126. The Morgan fingerprint density at radius 1 is 1.29 bits per heavy atom. The van der Waals surface area contributed by atoms with E-state index in [0.29, 0.717) is 12.6 Å². The molecule has 1 atom stereocenters. The first-order chi connectivity index (χ1) is 11.8. The molecule has 4 heterocycles. The van der Waals surface area contributed by atoms with Crippen LogP contribution in [0.4, 0.5) is 0 Å². The third kappa shape index (κ3) is 3.19. The predicted octanol–water partition coefficient (Wildman–Crippen LogP) is 2.82. The highest BCUT2D eigenvalue weighted by Gasteiger charge is 2.25. The second-order valence-corrected chi connectivity index (χ2v) is 6.10. The molecule has 1 aliphatic rings. The van der Waals surface area contributed by atoms with Crippen LogP contribution in [0.25, 0.3) is 0 Å². The van der Waals surface area contributed by atoms with Gasteiger partial charge < -0.3 is 13.7 Å². The van der Waals surface area contributed by atoms with Crippen molar-refractivity contribution in [1.82, 2.24) is 19.4 Å². The van der Waals surface area contributed by atoms with Gasteiger partial charge in [-0.05, 0) is 37.3 Å². The molecule has 0 aromatic carbocycles. The van der Waals surface area contributed by atoms with Crippen molar-refractivity contribution < 1.29 is 9.15 Å². The molecule has 0 saturated heterocycles. The fourth-order valence-electron chi connectivity index (χ4n) is 3.14. The van der Waals surface area contributed by atoms with Crippen LogP contribution in [0.5, 0.6) is 6.01 Å². The molecule has 4 rings (SSSR count). The maximum atomic E-state index is 5.84. The van der Waals surface area contributed by atoms with Crippen LogP contribution in [-0.2, 0) is 13.1 Å². The first-order valence-electron chi connectivity index (χ1n) is 8.11. The van der Waals surface area contributed by atoms with Gasteiger partial charge in [-0.1, -0.05) is 0 Å². The molecule has 1 unspecified atom stereocenters. The quantitative estimate of drug-likeness (QED) is 0.722. The Hall–Kier alpha value is -2.60. The SMILES string of the molecule is Cc1ccnc(OCC2CN(Cc3ccco3)Cc3cccn32)n1. The summed E-state index contributed by atoms with van der Waals surface area (Å²) in [7, 11) is 0. The predicted molar refractivity (Wildman–Crippen MR) is 88.6 cm³/mol. The molecule has 0 saturated carbocycles. The first-order valence-corrected chi connectivity index (χ1v) is 8.11. The minimum absolute atomic E-state index is 0.225. The zero-order valence-corrected chi connectivity index (χ0v) is 13.6. The molecule has 6 heteroatoms. The molecule has 24 heavy (non-hydrogen) atoms. The van der Waals surface area contributed by atoms with Crippen LogP contribution >= 0.6 is 0 Å². The third-order valence-corrected chi connectivity index (χ3v) is 4.25. The van der Waals surface area contributed by atoms with E-state index in [4.69, 9.17) is 9.15 Å². The number of hydrogen-bond donors (Lipinski definition) is 0. The van der Waals surface area contributed by atoms with Crippen LogP contribution in [-0.4, -0.2) is 32.6 Å². The van der Waals surface area contributed by atoms with Crippen LogP contribution in [0.1, 0.15) is 23.2 Å². The number of nitrogens with zero attached hydrogens (tertiary/aromatic N) is 4. The van der Waals surface area contributed by atoms with Crippen molar-refractivity contribution in [2.45, 2.75) is 26.1 Å². The molecule has 124 valence electrons. The number of aromatic nitrogens is 3. The fraction of sp³-hybridized carbons (Fsp3) is 0.333. The minimum atomic E-state index is 0.225. The molecule has 0 N–H and O–H groups in total. The topological polar surface area (TPSA) is 56.3 Å². The molecule has 0 aliphatic carbocycles. The summed E-state index contributed by atoms with van der Waals surface area (Å²) >= 11 is 0. The molecule has 1 aliphatic heterocycles. The molecular weight excluding hydrogens is 304 g/mol. The van der Waals surface area contributed by atoms with Crippen LogP contribution in [0, 0.1) is 6.92 Å². The monoisotopic (exact) mass is 324 g/mol. The largest absolute Gasteiger partial charge is 0.468 e. The van der Waals surface area contributed by atoms with Gasteiger partial charge in [-0.2, -0.15) is 0 Å². The van der Waals surface area contributed by atoms with Crippen LogP contribution < -0.4 is 4.74 Å². The summed E-state index contributed by atoms with van der Waals surface area (Å²) < 4.78 is 13.6. The van der Waals surface area contributed by atoms with E-state index in [0.717, 1.165) is 31.1 Å². The van der Waals surface area contributed by atoms with Crippen LogP contribution in [0.15, 0.2) is 53.4 Å². The number of hydrogen-bond acceptors (Lipinski definition) is 5. The van der Waals surface area contributed by atoms with Gasteiger partial charge in [0.2, 0.25) is 0 Å². The van der Waals surface area contributed by atoms with Crippen molar-refractivity contribution in [3.8, 4) is 6.01 Å². The summed E-state index contributed by atoms with van der Waals surface area (Å²) in [6.07, 6.45) is 5.56. The van der Waals surface area contributed by atoms with Gasteiger partial charge >= 0.3 is 6.01 Å². The van der Waals surface area contributed by atoms with Gasteiger partial charge in [0.15, 0.2) is 0 Å². The Balaban J connectivity index is 1.47. The number of furan rings is 1. The first kappa shape index (κ1) is 15.0. The Labute approximate surface area is 140 Å². The van der Waals surface area contributed by atoms with Crippen molar-refractivity contribution >= 4 is 0 Å². The zero-order valence-electron chi connectivity index (χ0n) is 13.6. The Bertz CT molecular complexity index is 797. The third-order valence-electron chi connectivity index (χ3n) is 4.25. The number of rotatable bonds is 5. The van der Waals surface area contributed by atoms with Gasteiger partial charge in [0.05, 0.1) is 18.8 Å². The van der Waals surface area contributed by atoms with E-state index in [1.165, 1.54) is 5.69 Å². The maximum absolute atomic E-state index is 5.84. The minimum Gasteiger partial charge on any atom is -0.468 e. The van der Waals surface area contributed by atoms with Crippen molar-refractivity contribution in [3.05, 3.63) is 66.1 Å². The van der Waals surface area contributed by atoms with E-state index in [2.05, 4.69) is 37.8 Å². The lowest BCUT2D eigenvalue weighted by Crippen LogP contribution is -2.38. The Morgan fingerprint density at radius 2 is 2.25 bits per heavy atom. The molecule has 3 aromatic heterocycles. The Morgan fingerprint density at radius 3 is 3.08 bits per heavy atom. The Kier molecular flexibility index (Phi) is 4.04. The molecule has 0 radical (unpaired) electrons. The summed E-state index contributed by atoms with van der Waals surface area (Å²) in [5, 5.41) is 0. The van der Waals surface area contributed by atoms with E-state index < -0.39 is 0 Å². The molecule has 0 fully saturated rings. The molecule has 0 spiro atoms. The summed E-state index contributed by atoms with van der Waals surface area (Å²) in [6.45, 7) is 5.08. The van der Waals surface area contributed by atoms with Crippen molar-refractivity contribution in [2.75, 3.05) is 13.2 Å². The number of fused-ring (bicyclic) bond motifs is 1. The summed E-state index contributed by atoms with van der Waals surface area (Å²) in [4.78, 5) is 10.9. The van der Waals surface area contributed by atoms with Gasteiger partial charge in [-0.25, -0.2) is 9.97 Å². The van der Waals surface area contributed by atoms with Crippen molar-refractivity contribution in [2.24, 2.45) is 0 Å². The van der Waals surface area contributed by atoms with E-state index in [1.54, 1.807) is 12.5 Å². The highest BCUT2D eigenvalue weighted by molar-refractivity contribution is 5.12.